The molecule has 1 unspecified atom stereocenters. The summed E-state index contributed by atoms with van der Waals surface area (Å²) in [6, 6.07) is 2.00. The van der Waals surface area contributed by atoms with Crippen LogP contribution >= 0.6 is 0 Å². The second-order valence-corrected chi connectivity index (χ2v) is 4.58. The molecule has 0 aliphatic heterocycles. The van der Waals surface area contributed by atoms with E-state index >= 15 is 0 Å². The van der Waals surface area contributed by atoms with Crippen LogP contribution in [-0.2, 0) is 6.18 Å². The van der Waals surface area contributed by atoms with Crippen LogP contribution < -0.4 is 0 Å². The minimum Gasteiger partial charge on any atom is -0.385 e. The molecule has 0 radical (unpaired) electrons. The molecule has 0 fully saturated rings. The van der Waals surface area contributed by atoms with Gasteiger partial charge < -0.3 is 5.11 Å². The molecule has 0 saturated carbocycles. The highest BCUT2D eigenvalue weighted by Gasteiger charge is 2.35. The number of aliphatic hydroxyl groups is 1. The third-order valence-corrected chi connectivity index (χ3v) is 3.32. The fourth-order valence-corrected chi connectivity index (χ4v) is 2.02. The van der Waals surface area contributed by atoms with Gasteiger partial charge in [0.2, 0.25) is 0 Å². The zero-order valence-corrected chi connectivity index (χ0v) is 11.2. The van der Waals surface area contributed by atoms with Crippen molar-refractivity contribution in [2.75, 3.05) is 0 Å². The first kappa shape index (κ1) is 16.6. The number of rotatable bonds is 5. The fourth-order valence-electron chi connectivity index (χ4n) is 2.02. The van der Waals surface area contributed by atoms with E-state index in [4.69, 9.17) is 0 Å². The summed E-state index contributed by atoms with van der Waals surface area (Å²) >= 11 is 0. The highest BCUT2D eigenvalue weighted by Crippen LogP contribution is 2.32. The van der Waals surface area contributed by atoms with Crippen LogP contribution in [0.5, 0.6) is 0 Å². The van der Waals surface area contributed by atoms with E-state index in [1.807, 2.05) is 0 Å². The lowest BCUT2D eigenvalue weighted by atomic mass is 9.90. The molecular formula is C14H16F4O2. The maximum atomic E-state index is 13.1. The Labute approximate surface area is 114 Å². The number of carbonyl (C=O) groups excluding carboxylic acids is 1. The van der Waals surface area contributed by atoms with Crippen LogP contribution in [0.1, 0.15) is 42.6 Å². The predicted octanol–water partition coefficient (Wildman–Crippen LogP) is 3.82. The van der Waals surface area contributed by atoms with Gasteiger partial charge in [-0.05, 0) is 24.1 Å². The molecule has 0 saturated heterocycles. The average Bonchev–Trinajstić information content (AvgIpc) is 2.38. The highest BCUT2D eigenvalue weighted by molar-refractivity contribution is 5.99. The number of benzene rings is 1. The minimum absolute atomic E-state index is 0.332. The predicted molar refractivity (Wildman–Crippen MR) is 65.8 cm³/mol. The second-order valence-electron chi connectivity index (χ2n) is 4.58. The van der Waals surface area contributed by atoms with E-state index < -0.39 is 29.4 Å². The van der Waals surface area contributed by atoms with Crippen molar-refractivity contribution in [3.05, 3.63) is 35.1 Å². The third-order valence-electron chi connectivity index (χ3n) is 3.32. The Morgan fingerprint density at radius 3 is 2.25 bits per heavy atom. The standard InChI is InChI=1S/C14H16F4O2/c1-3-8(4-2)12(19)13(20)9-5-6-11(15)10(7-9)14(16,17)18/h5-8,12,19H,3-4H2,1-2H3. The second kappa shape index (κ2) is 6.35. The van der Waals surface area contributed by atoms with Crippen LogP contribution in [-0.4, -0.2) is 17.0 Å². The molecule has 0 aromatic heterocycles. The fraction of sp³-hybridized carbons (Fsp3) is 0.500. The van der Waals surface area contributed by atoms with Crippen LogP contribution in [0.15, 0.2) is 18.2 Å². The van der Waals surface area contributed by atoms with Crippen molar-refractivity contribution < 1.29 is 27.5 Å². The molecule has 1 N–H and O–H groups in total. The first-order valence-electron chi connectivity index (χ1n) is 6.31. The van der Waals surface area contributed by atoms with E-state index in [2.05, 4.69) is 0 Å². The van der Waals surface area contributed by atoms with E-state index in [-0.39, 0.29) is 11.5 Å². The van der Waals surface area contributed by atoms with E-state index in [9.17, 15) is 27.5 Å². The van der Waals surface area contributed by atoms with Crippen LogP contribution in [0.4, 0.5) is 17.6 Å². The number of aliphatic hydroxyl groups excluding tert-OH is 1. The molecule has 0 aliphatic carbocycles. The molecule has 6 heteroatoms. The molecule has 0 bridgehead atoms. The smallest absolute Gasteiger partial charge is 0.385 e. The summed E-state index contributed by atoms with van der Waals surface area (Å²) in [7, 11) is 0. The molecule has 0 aliphatic rings. The molecule has 1 atom stereocenters. The average molecular weight is 292 g/mol. The number of hydrogen-bond acceptors (Lipinski definition) is 2. The number of hydrogen-bond donors (Lipinski definition) is 1. The van der Waals surface area contributed by atoms with Gasteiger partial charge >= 0.3 is 6.18 Å². The Morgan fingerprint density at radius 2 is 1.80 bits per heavy atom. The lowest BCUT2D eigenvalue weighted by molar-refractivity contribution is -0.140. The SMILES string of the molecule is CCC(CC)C(O)C(=O)c1ccc(F)c(C(F)(F)F)c1. The largest absolute Gasteiger partial charge is 0.419 e. The molecule has 0 spiro atoms. The first-order valence-corrected chi connectivity index (χ1v) is 6.31. The van der Waals surface area contributed by atoms with Gasteiger partial charge in [-0.3, -0.25) is 4.79 Å². The molecule has 20 heavy (non-hydrogen) atoms. The van der Waals surface area contributed by atoms with Gasteiger partial charge in [0.1, 0.15) is 11.9 Å². The van der Waals surface area contributed by atoms with Crippen molar-refractivity contribution in [1.82, 2.24) is 0 Å². The maximum Gasteiger partial charge on any atom is 0.419 e. The van der Waals surface area contributed by atoms with Gasteiger partial charge in [-0.1, -0.05) is 26.7 Å². The minimum atomic E-state index is -4.87. The first-order chi connectivity index (χ1) is 9.22. The van der Waals surface area contributed by atoms with Gasteiger partial charge in [0.15, 0.2) is 5.78 Å². The van der Waals surface area contributed by atoms with E-state index in [0.717, 1.165) is 6.07 Å². The molecule has 0 heterocycles. The van der Waals surface area contributed by atoms with Gasteiger partial charge in [-0.25, -0.2) is 4.39 Å². The van der Waals surface area contributed by atoms with E-state index in [0.29, 0.717) is 25.0 Å². The highest BCUT2D eigenvalue weighted by atomic mass is 19.4. The summed E-state index contributed by atoms with van der Waals surface area (Å²) in [5, 5.41) is 9.87. The summed E-state index contributed by atoms with van der Waals surface area (Å²) in [6.07, 6.45) is -5.20. The number of halogens is 4. The summed E-state index contributed by atoms with van der Waals surface area (Å²) < 4.78 is 50.8. The molecule has 2 nitrogen and oxygen atoms in total. The van der Waals surface area contributed by atoms with Crippen molar-refractivity contribution in [1.29, 1.82) is 0 Å². The van der Waals surface area contributed by atoms with E-state index in [1.54, 1.807) is 13.8 Å². The third kappa shape index (κ3) is 3.56. The summed E-state index contributed by atoms with van der Waals surface area (Å²) in [5.41, 5.74) is -1.83. The lowest BCUT2D eigenvalue weighted by Crippen LogP contribution is -2.29. The van der Waals surface area contributed by atoms with Crippen molar-refractivity contribution in [2.24, 2.45) is 5.92 Å². The Hall–Kier alpha value is -1.43. The summed E-state index contributed by atoms with van der Waals surface area (Å²) in [4.78, 5) is 12.0. The van der Waals surface area contributed by atoms with Crippen molar-refractivity contribution in [3.63, 3.8) is 0 Å². The van der Waals surface area contributed by atoms with Gasteiger partial charge in [-0.2, -0.15) is 13.2 Å². The molecule has 1 rings (SSSR count). The van der Waals surface area contributed by atoms with Crippen LogP contribution in [0.3, 0.4) is 0 Å². The monoisotopic (exact) mass is 292 g/mol. The number of carbonyl (C=O) groups is 1. The van der Waals surface area contributed by atoms with Gasteiger partial charge in [0.05, 0.1) is 5.56 Å². The summed E-state index contributed by atoms with van der Waals surface area (Å²) in [6.45, 7) is 3.55. The number of alkyl halides is 3. The van der Waals surface area contributed by atoms with Crippen molar-refractivity contribution in [3.8, 4) is 0 Å². The maximum absolute atomic E-state index is 13.1. The normalized spacial score (nSPS) is 13.6. The Morgan fingerprint density at radius 1 is 1.25 bits per heavy atom. The van der Waals surface area contributed by atoms with Crippen molar-refractivity contribution >= 4 is 5.78 Å². The lowest BCUT2D eigenvalue weighted by Gasteiger charge is -2.19. The van der Waals surface area contributed by atoms with Crippen molar-refractivity contribution in [2.45, 2.75) is 39.0 Å². The van der Waals surface area contributed by atoms with Gasteiger partial charge in [0, 0.05) is 5.56 Å². The zero-order valence-electron chi connectivity index (χ0n) is 11.2. The zero-order chi connectivity index (χ0) is 15.5. The van der Waals surface area contributed by atoms with E-state index in [1.165, 1.54) is 0 Å². The summed E-state index contributed by atoms with van der Waals surface area (Å²) in [5.74, 6) is -2.59. The number of ketones is 1. The van der Waals surface area contributed by atoms with Gasteiger partial charge in [0.25, 0.3) is 0 Å². The Balaban J connectivity index is 3.12. The quantitative estimate of drug-likeness (QED) is 0.661. The molecule has 0 amide bonds. The van der Waals surface area contributed by atoms with Crippen LogP contribution in [0.25, 0.3) is 0 Å². The van der Waals surface area contributed by atoms with Crippen LogP contribution in [0.2, 0.25) is 0 Å². The molecular weight excluding hydrogens is 276 g/mol. The van der Waals surface area contributed by atoms with Crippen LogP contribution in [0, 0.1) is 11.7 Å². The van der Waals surface area contributed by atoms with Gasteiger partial charge in [-0.15, -0.1) is 0 Å². The molecule has 1 aromatic rings. The number of Topliss-reactive ketones (excluding diaryl/α,β-unsaturated/α-hetero) is 1. The molecule has 112 valence electrons. The molecule has 1 aromatic carbocycles. The Kier molecular flexibility index (Phi) is 5.28. The topological polar surface area (TPSA) is 37.3 Å². The Bertz CT molecular complexity index is 479.